The van der Waals surface area contributed by atoms with Gasteiger partial charge in [0.1, 0.15) is 11.6 Å². The van der Waals surface area contributed by atoms with Gasteiger partial charge in [0.15, 0.2) is 0 Å². The zero-order chi connectivity index (χ0) is 17.2. The first-order valence-electron chi connectivity index (χ1n) is 8.52. The molecule has 6 nitrogen and oxygen atoms in total. The minimum atomic E-state index is -0.824. The van der Waals surface area contributed by atoms with E-state index in [9.17, 15) is 9.59 Å². The SMILES string of the molecule is COC1(C(=O)NC2CC(C)N(c3ccccc3)C2=O)CCNCC1.Cl. The first-order chi connectivity index (χ1) is 11.6. The highest BCUT2D eigenvalue weighted by Crippen LogP contribution is 2.28. The second kappa shape index (κ2) is 8.17. The number of amides is 2. The van der Waals surface area contributed by atoms with Gasteiger partial charge in [0.05, 0.1) is 0 Å². The largest absolute Gasteiger partial charge is 0.368 e. The van der Waals surface area contributed by atoms with Crippen molar-refractivity contribution in [3.8, 4) is 0 Å². The maximum absolute atomic E-state index is 12.8. The van der Waals surface area contributed by atoms with Crippen LogP contribution in [-0.4, -0.2) is 49.7 Å². The number of carbonyl (C=O) groups excluding carboxylic acids is 2. The summed E-state index contributed by atoms with van der Waals surface area (Å²) in [6.07, 6.45) is 1.85. The summed E-state index contributed by atoms with van der Waals surface area (Å²) >= 11 is 0. The molecule has 0 radical (unpaired) electrons. The van der Waals surface area contributed by atoms with E-state index in [-0.39, 0.29) is 30.3 Å². The van der Waals surface area contributed by atoms with Gasteiger partial charge < -0.3 is 20.3 Å². The fraction of sp³-hybridized carbons (Fsp3) is 0.556. The van der Waals surface area contributed by atoms with Crippen LogP contribution >= 0.6 is 12.4 Å². The average Bonchev–Trinajstić information content (AvgIpc) is 2.89. The van der Waals surface area contributed by atoms with Crippen molar-refractivity contribution >= 4 is 29.9 Å². The predicted molar refractivity (Wildman–Crippen MR) is 99.0 cm³/mol. The Labute approximate surface area is 154 Å². The molecule has 0 aliphatic carbocycles. The summed E-state index contributed by atoms with van der Waals surface area (Å²) in [6, 6.07) is 9.15. The van der Waals surface area contributed by atoms with Gasteiger partial charge in [0.25, 0.3) is 5.91 Å². The molecule has 2 saturated heterocycles. The van der Waals surface area contributed by atoms with E-state index >= 15 is 0 Å². The number of rotatable bonds is 4. The molecule has 0 aromatic heterocycles. The Bertz CT molecular complexity index is 605. The van der Waals surface area contributed by atoms with Crippen LogP contribution in [0.2, 0.25) is 0 Å². The average molecular weight is 368 g/mol. The van der Waals surface area contributed by atoms with Crippen molar-refractivity contribution in [2.24, 2.45) is 0 Å². The van der Waals surface area contributed by atoms with Crippen molar-refractivity contribution in [1.82, 2.24) is 10.6 Å². The van der Waals surface area contributed by atoms with Gasteiger partial charge in [-0.2, -0.15) is 0 Å². The Morgan fingerprint density at radius 2 is 1.92 bits per heavy atom. The number of hydrogen-bond donors (Lipinski definition) is 2. The molecule has 7 heteroatoms. The van der Waals surface area contributed by atoms with E-state index in [1.54, 1.807) is 12.0 Å². The van der Waals surface area contributed by atoms with Gasteiger partial charge in [0.2, 0.25) is 5.91 Å². The van der Waals surface area contributed by atoms with Crippen molar-refractivity contribution in [2.75, 3.05) is 25.1 Å². The molecule has 2 atom stereocenters. The number of piperidine rings is 1. The van der Waals surface area contributed by atoms with Crippen LogP contribution in [0.1, 0.15) is 26.2 Å². The van der Waals surface area contributed by atoms with E-state index in [2.05, 4.69) is 10.6 Å². The van der Waals surface area contributed by atoms with Crippen LogP contribution in [0.4, 0.5) is 5.69 Å². The zero-order valence-electron chi connectivity index (χ0n) is 14.7. The molecule has 2 amide bonds. The van der Waals surface area contributed by atoms with Gasteiger partial charge in [0, 0.05) is 18.8 Å². The number of nitrogens with one attached hydrogen (secondary N) is 2. The summed E-state index contributed by atoms with van der Waals surface area (Å²) in [5.41, 5.74) is 0.0460. The highest BCUT2D eigenvalue weighted by molar-refractivity contribution is 6.02. The predicted octanol–water partition coefficient (Wildman–Crippen LogP) is 1.49. The van der Waals surface area contributed by atoms with Gasteiger partial charge in [-0.15, -0.1) is 12.4 Å². The third-order valence-electron chi connectivity index (χ3n) is 5.11. The summed E-state index contributed by atoms with van der Waals surface area (Å²) in [4.78, 5) is 27.3. The Balaban J connectivity index is 0.00000225. The number of carbonyl (C=O) groups is 2. The van der Waals surface area contributed by atoms with Crippen LogP contribution < -0.4 is 15.5 Å². The second-order valence-electron chi connectivity index (χ2n) is 6.60. The number of hydrogen-bond acceptors (Lipinski definition) is 4. The Morgan fingerprint density at radius 1 is 1.28 bits per heavy atom. The topological polar surface area (TPSA) is 70.7 Å². The first-order valence-corrected chi connectivity index (χ1v) is 8.52. The molecule has 25 heavy (non-hydrogen) atoms. The van der Waals surface area contributed by atoms with E-state index in [1.165, 1.54) is 0 Å². The molecule has 3 rings (SSSR count). The number of ether oxygens (including phenoxy) is 1. The Morgan fingerprint density at radius 3 is 2.52 bits per heavy atom. The van der Waals surface area contributed by atoms with Gasteiger partial charge >= 0.3 is 0 Å². The minimum absolute atomic E-state index is 0. The fourth-order valence-electron chi connectivity index (χ4n) is 3.67. The number of para-hydroxylation sites is 1. The van der Waals surface area contributed by atoms with Crippen LogP contribution in [0.25, 0.3) is 0 Å². The van der Waals surface area contributed by atoms with Gasteiger partial charge in [-0.25, -0.2) is 0 Å². The van der Waals surface area contributed by atoms with Gasteiger partial charge in [-0.05, 0) is 51.4 Å². The zero-order valence-corrected chi connectivity index (χ0v) is 15.5. The number of nitrogens with zero attached hydrogens (tertiary/aromatic N) is 1. The monoisotopic (exact) mass is 367 g/mol. The van der Waals surface area contributed by atoms with E-state index in [0.29, 0.717) is 19.3 Å². The number of halogens is 1. The second-order valence-corrected chi connectivity index (χ2v) is 6.60. The summed E-state index contributed by atoms with van der Waals surface area (Å²) in [7, 11) is 1.57. The van der Waals surface area contributed by atoms with Crippen LogP contribution in [-0.2, 0) is 14.3 Å². The molecule has 2 fully saturated rings. The Hall–Kier alpha value is -1.63. The van der Waals surface area contributed by atoms with Crippen molar-refractivity contribution in [3.05, 3.63) is 30.3 Å². The van der Waals surface area contributed by atoms with Crippen LogP contribution in [0.3, 0.4) is 0 Å². The third kappa shape index (κ3) is 3.81. The lowest BCUT2D eigenvalue weighted by Gasteiger charge is -2.35. The van der Waals surface area contributed by atoms with Crippen molar-refractivity contribution < 1.29 is 14.3 Å². The quantitative estimate of drug-likeness (QED) is 0.845. The molecule has 0 saturated carbocycles. The number of benzene rings is 1. The van der Waals surface area contributed by atoms with Crippen LogP contribution in [0.15, 0.2) is 30.3 Å². The first kappa shape index (κ1) is 19.7. The molecule has 2 unspecified atom stereocenters. The smallest absolute Gasteiger partial charge is 0.252 e. The van der Waals surface area contributed by atoms with E-state index < -0.39 is 11.6 Å². The van der Waals surface area contributed by atoms with Crippen molar-refractivity contribution in [2.45, 2.75) is 43.9 Å². The van der Waals surface area contributed by atoms with Crippen molar-refractivity contribution in [3.63, 3.8) is 0 Å². The summed E-state index contributed by atoms with van der Waals surface area (Å²) in [5.74, 6) is -0.228. The highest BCUT2D eigenvalue weighted by atomic mass is 35.5. The standard InChI is InChI=1S/C18H25N3O3.ClH/c1-13-12-15(16(22)21(13)14-6-4-3-5-7-14)20-17(23)18(24-2)8-10-19-11-9-18;/h3-7,13,15,19H,8-12H2,1-2H3,(H,20,23);1H. The lowest BCUT2D eigenvalue weighted by Crippen LogP contribution is -2.57. The molecule has 0 bridgehead atoms. The maximum atomic E-state index is 12.8. The molecule has 2 aliphatic rings. The normalized spacial score (nSPS) is 25.4. The lowest BCUT2D eigenvalue weighted by atomic mass is 9.90. The molecular formula is C18H26ClN3O3. The van der Waals surface area contributed by atoms with E-state index in [4.69, 9.17) is 4.74 Å². The van der Waals surface area contributed by atoms with Crippen LogP contribution in [0, 0.1) is 0 Å². The fourth-order valence-corrected chi connectivity index (χ4v) is 3.67. The maximum Gasteiger partial charge on any atom is 0.252 e. The van der Waals surface area contributed by atoms with E-state index in [0.717, 1.165) is 18.8 Å². The summed E-state index contributed by atoms with van der Waals surface area (Å²) < 4.78 is 5.55. The van der Waals surface area contributed by atoms with Crippen LogP contribution in [0.5, 0.6) is 0 Å². The molecular weight excluding hydrogens is 342 g/mol. The number of methoxy groups -OCH3 is 1. The van der Waals surface area contributed by atoms with Gasteiger partial charge in [-0.3, -0.25) is 9.59 Å². The number of anilines is 1. The molecule has 2 aliphatic heterocycles. The third-order valence-corrected chi connectivity index (χ3v) is 5.11. The summed E-state index contributed by atoms with van der Waals surface area (Å²) in [5, 5.41) is 6.17. The molecule has 2 heterocycles. The lowest BCUT2D eigenvalue weighted by molar-refractivity contribution is -0.148. The van der Waals surface area contributed by atoms with E-state index in [1.807, 2.05) is 37.3 Å². The minimum Gasteiger partial charge on any atom is -0.368 e. The molecule has 0 spiro atoms. The summed E-state index contributed by atoms with van der Waals surface area (Å²) in [6.45, 7) is 3.49. The molecule has 1 aromatic carbocycles. The highest BCUT2D eigenvalue weighted by Gasteiger charge is 2.44. The molecule has 138 valence electrons. The van der Waals surface area contributed by atoms with Gasteiger partial charge in [-0.1, -0.05) is 18.2 Å². The Kier molecular flexibility index (Phi) is 6.43. The van der Waals surface area contributed by atoms with Crippen molar-refractivity contribution in [1.29, 1.82) is 0 Å². The molecule has 1 aromatic rings. The molecule has 2 N–H and O–H groups in total.